The van der Waals surface area contributed by atoms with Gasteiger partial charge < -0.3 is 9.42 Å². The number of benzene rings is 1. The maximum atomic E-state index is 12.2. The number of hydrogen-bond donors (Lipinski definition) is 0. The Balaban J connectivity index is 1.48. The molecule has 23 heavy (non-hydrogen) atoms. The zero-order chi connectivity index (χ0) is 15.6. The van der Waals surface area contributed by atoms with Crippen LogP contribution in [0.5, 0.6) is 0 Å². The van der Waals surface area contributed by atoms with Crippen molar-refractivity contribution in [2.45, 2.75) is 18.9 Å². The van der Waals surface area contributed by atoms with Crippen LogP contribution in [-0.4, -0.2) is 27.5 Å². The molecule has 0 radical (unpaired) electrons. The van der Waals surface area contributed by atoms with E-state index in [-0.39, 0.29) is 11.8 Å². The summed E-state index contributed by atoms with van der Waals surface area (Å²) in [5, 5.41) is 6.01. The lowest BCUT2D eigenvalue weighted by Gasteiger charge is -2.15. The predicted octanol–water partition coefficient (Wildman–Crippen LogP) is 3.31. The molecule has 116 valence electrons. The van der Waals surface area contributed by atoms with Crippen molar-refractivity contribution in [2.75, 3.05) is 6.54 Å². The van der Waals surface area contributed by atoms with Crippen molar-refractivity contribution in [3.8, 4) is 10.7 Å². The minimum absolute atomic E-state index is 0.0209. The first-order valence-electron chi connectivity index (χ1n) is 7.49. The van der Waals surface area contributed by atoms with E-state index >= 15 is 0 Å². The SMILES string of the molecule is O=C1C[C@H](c2nc(-c3cccs3)no2)CN1Cc1ccccc1. The highest BCUT2D eigenvalue weighted by atomic mass is 32.1. The van der Waals surface area contributed by atoms with Crippen LogP contribution in [0, 0.1) is 0 Å². The molecular weight excluding hydrogens is 310 g/mol. The molecule has 0 unspecified atom stereocenters. The van der Waals surface area contributed by atoms with Crippen LogP contribution in [0.4, 0.5) is 0 Å². The Hall–Kier alpha value is -2.47. The lowest BCUT2D eigenvalue weighted by atomic mass is 10.1. The van der Waals surface area contributed by atoms with Crippen molar-refractivity contribution in [3.63, 3.8) is 0 Å². The molecule has 1 aromatic carbocycles. The highest BCUT2D eigenvalue weighted by molar-refractivity contribution is 7.13. The molecule has 3 heterocycles. The number of amides is 1. The average molecular weight is 325 g/mol. The van der Waals surface area contributed by atoms with Gasteiger partial charge in [-0.15, -0.1) is 11.3 Å². The number of carbonyl (C=O) groups is 1. The van der Waals surface area contributed by atoms with Crippen LogP contribution in [0.25, 0.3) is 10.7 Å². The van der Waals surface area contributed by atoms with Crippen molar-refractivity contribution < 1.29 is 9.32 Å². The summed E-state index contributed by atoms with van der Waals surface area (Å²) in [5.41, 5.74) is 1.13. The Morgan fingerprint density at radius 1 is 1.22 bits per heavy atom. The van der Waals surface area contributed by atoms with Gasteiger partial charge in [-0.3, -0.25) is 4.79 Å². The summed E-state index contributed by atoms with van der Waals surface area (Å²) in [7, 11) is 0. The van der Waals surface area contributed by atoms with E-state index in [1.165, 1.54) is 0 Å². The predicted molar refractivity (Wildman–Crippen MR) is 86.8 cm³/mol. The molecule has 1 saturated heterocycles. The third-order valence-corrected chi connectivity index (χ3v) is 4.83. The van der Waals surface area contributed by atoms with E-state index in [1.54, 1.807) is 11.3 Å². The molecule has 1 atom stereocenters. The Labute approximate surface area is 137 Å². The molecule has 3 aromatic rings. The summed E-state index contributed by atoms with van der Waals surface area (Å²) >= 11 is 1.57. The van der Waals surface area contributed by atoms with Gasteiger partial charge >= 0.3 is 0 Å². The second-order valence-corrected chi connectivity index (χ2v) is 6.54. The number of nitrogens with zero attached hydrogens (tertiary/aromatic N) is 3. The molecular formula is C17H15N3O2S. The monoisotopic (exact) mass is 325 g/mol. The quantitative estimate of drug-likeness (QED) is 0.738. The molecule has 5 nitrogen and oxygen atoms in total. The first kappa shape index (κ1) is 14.1. The van der Waals surface area contributed by atoms with Crippen LogP contribution in [0.1, 0.15) is 23.8 Å². The first-order valence-corrected chi connectivity index (χ1v) is 8.37. The van der Waals surface area contributed by atoms with Gasteiger partial charge in [0.15, 0.2) is 0 Å². The molecule has 2 aromatic heterocycles. The van der Waals surface area contributed by atoms with Crippen LogP contribution in [0.15, 0.2) is 52.4 Å². The summed E-state index contributed by atoms with van der Waals surface area (Å²) in [4.78, 5) is 19.5. The van der Waals surface area contributed by atoms with Gasteiger partial charge in [0.2, 0.25) is 17.6 Å². The largest absolute Gasteiger partial charge is 0.339 e. The van der Waals surface area contributed by atoms with E-state index in [9.17, 15) is 4.79 Å². The highest BCUT2D eigenvalue weighted by Gasteiger charge is 2.34. The van der Waals surface area contributed by atoms with Gasteiger partial charge in [-0.2, -0.15) is 4.98 Å². The van der Waals surface area contributed by atoms with E-state index in [1.807, 2.05) is 52.7 Å². The topological polar surface area (TPSA) is 59.2 Å². The standard InChI is InChI=1S/C17H15N3O2S/c21-15-9-13(11-20(15)10-12-5-2-1-3-6-12)17-18-16(19-22-17)14-7-4-8-23-14/h1-8,13H,9-11H2/t13-/m0/s1. The molecule has 6 heteroatoms. The zero-order valence-electron chi connectivity index (χ0n) is 12.4. The summed E-state index contributed by atoms with van der Waals surface area (Å²) in [6, 6.07) is 13.9. The van der Waals surface area contributed by atoms with Crippen LogP contribution in [-0.2, 0) is 11.3 Å². The van der Waals surface area contributed by atoms with E-state index in [0.717, 1.165) is 10.4 Å². The summed E-state index contributed by atoms with van der Waals surface area (Å²) in [6.07, 6.45) is 0.429. The Kier molecular flexibility index (Phi) is 3.67. The third-order valence-electron chi connectivity index (χ3n) is 3.96. The van der Waals surface area contributed by atoms with E-state index in [4.69, 9.17) is 4.52 Å². The minimum Gasteiger partial charge on any atom is -0.339 e. The van der Waals surface area contributed by atoms with Crippen molar-refractivity contribution in [3.05, 3.63) is 59.3 Å². The first-order chi connectivity index (χ1) is 11.3. The molecule has 0 saturated carbocycles. The summed E-state index contributed by atoms with van der Waals surface area (Å²) < 4.78 is 5.39. The zero-order valence-corrected chi connectivity index (χ0v) is 13.2. The number of hydrogen-bond acceptors (Lipinski definition) is 5. The molecule has 1 aliphatic heterocycles. The summed E-state index contributed by atoms with van der Waals surface area (Å²) in [5.74, 6) is 1.27. The molecule has 0 aliphatic carbocycles. The second kappa shape index (κ2) is 5.96. The van der Waals surface area contributed by atoms with Crippen LogP contribution < -0.4 is 0 Å². The molecule has 1 amide bonds. The third kappa shape index (κ3) is 2.90. The normalized spacial score (nSPS) is 17.8. The average Bonchev–Trinajstić information content (AvgIpc) is 3.29. The molecule has 0 N–H and O–H groups in total. The number of likely N-dealkylation sites (tertiary alicyclic amines) is 1. The molecule has 0 spiro atoms. The smallest absolute Gasteiger partial charge is 0.232 e. The lowest BCUT2D eigenvalue weighted by molar-refractivity contribution is -0.128. The van der Waals surface area contributed by atoms with Crippen molar-refractivity contribution in [1.82, 2.24) is 15.0 Å². The Morgan fingerprint density at radius 3 is 2.87 bits per heavy atom. The van der Waals surface area contributed by atoms with Gasteiger partial charge in [0.05, 0.1) is 10.8 Å². The van der Waals surface area contributed by atoms with E-state index in [0.29, 0.717) is 31.2 Å². The maximum absolute atomic E-state index is 12.2. The maximum Gasteiger partial charge on any atom is 0.232 e. The molecule has 0 bridgehead atoms. The number of aromatic nitrogens is 2. The van der Waals surface area contributed by atoms with Gasteiger partial charge in [-0.25, -0.2) is 0 Å². The van der Waals surface area contributed by atoms with E-state index in [2.05, 4.69) is 10.1 Å². The van der Waals surface area contributed by atoms with Gasteiger partial charge in [0, 0.05) is 19.5 Å². The fourth-order valence-corrected chi connectivity index (χ4v) is 3.45. The lowest BCUT2D eigenvalue weighted by Crippen LogP contribution is -2.24. The molecule has 1 fully saturated rings. The van der Waals surface area contributed by atoms with Crippen LogP contribution in [0.3, 0.4) is 0 Å². The number of thiophene rings is 1. The second-order valence-electron chi connectivity index (χ2n) is 5.59. The van der Waals surface area contributed by atoms with Crippen molar-refractivity contribution in [1.29, 1.82) is 0 Å². The number of carbonyl (C=O) groups excluding carboxylic acids is 1. The van der Waals surface area contributed by atoms with E-state index < -0.39 is 0 Å². The fourth-order valence-electron chi connectivity index (χ4n) is 2.80. The molecule has 4 rings (SSSR count). The Bertz CT molecular complexity index is 798. The number of rotatable bonds is 4. The van der Waals surface area contributed by atoms with Crippen LogP contribution >= 0.6 is 11.3 Å². The van der Waals surface area contributed by atoms with Gasteiger partial charge in [0.25, 0.3) is 0 Å². The summed E-state index contributed by atoms with van der Waals surface area (Å²) in [6.45, 7) is 1.25. The van der Waals surface area contributed by atoms with Crippen molar-refractivity contribution >= 4 is 17.2 Å². The van der Waals surface area contributed by atoms with Crippen molar-refractivity contribution in [2.24, 2.45) is 0 Å². The highest BCUT2D eigenvalue weighted by Crippen LogP contribution is 2.30. The van der Waals surface area contributed by atoms with Crippen LogP contribution in [0.2, 0.25) is 0 Å². The van der Waals surface area contributed by atoms with Gasteiger partial charge in [-0.05, 0) is 17.0 Å². The fraction of sp³-hybridized carbons (Fsp3) is 0.235. The molecule has 1 aliphatic rings. The Morgan fingerprint density at radius 2 is 2.09 bits per heavy atom. The van der Waals surface area contributed by atoms with Gasteiger partial charge in [-0.1, -0.05) is 41.6 Å². The minimum atomic E-state index is -0.0209. The van der Waals surface area contributed by atoms with Gasteiger partial charge in [0.1, 0.15) is 0 Å².